The topological polar surface area (TPSA) is 24.6 Å². The molecule has 1 N–H and O–H groups in total. The van der Waals surface area contributed by atoms with Crippen molar-refractivity contribution >= 4 is 23.0 Å². The van der Waals surface area contributed by atoms with Crippen molar-refractivity contribution in [3.8, 4) is 0 Å². The fourth-order valence-corrected chi connectivity index (χ4v) is 4.86. The number of hydrogen-bond acceptors (Lipinski definition) is 3. The van der Waals surface area contributed by atoms with Crippen molar-refractivity contribution in [2.45, 2.75) is 29.3 Å². The van der Waals surface area contributed by atoms with Crippen LogP contribution in [0.15, 0.2) is 78.4 Å². The van der Waals surface area contributed by atoms with Crippen LogP contribution in [0.25, 0.3) is 5.57 Å². The molecule has 1 saturated heterocycles. The second kappa shape index (κ2) is 5.27. The van der Waals surface area contributed by atoms with Crippen LogP contribution in [-0.2, 0) is 4.74 Å². The number of epoxide rings is 1. The van der Waals surface area contributed by atoms with Gasteiger partial charge in [-0.15, -0.1) is 11.8 Å². The van der Waals surface area contributed by atoms with Crippen LogP contribution in [0.3, 0.4) is 0 Å². The van der Waals surface area contributed by atoms with Crippen LogP contribution in [0.5, 0.6) is 0 Å². The highest BCUT2D eigenvalue weighted by Crippen LogP contribution is 2.53. The summed E-state index contributed by atoms with van der Waals surface area (Å²) in [4.78, 5) is 0. The van der Waals surface area contributed by atoms with E-state index in [0.29, 0.717) is 10.5 Å². The Morgan fingerprint density at radius 3 is 3.04 bits per heavy atom. The molecule has 1 aromatic carbocycles. The molecule has 3 unspecified atom stereocenters. The van der Waals surface area contributed by atoms with E-state index in [1.807, 2.05) is 11.8 Å². The maximum Gasteiger partial charge on any atom is 0.162 e. The van der Waals surface area contributed by atoms with Gasteiger partial charge in [0.25, 0.3) is 0 Å². The summed E-state index contributed by atoms with van der Waals surface area (Å²) >= 11 is 1.98. The van der Waals surface area contributed by atoms with Gasteiger partial charge in [0, 0.05) is 21.8 Å². The Labute approximate surface area is 146 Å². The summed E-state index contributed by atoms with van der Waals surface area (Å²) in [5.74, 6) is 0. The van der Waals surface area contributed by atoms with E-state index in [4.69, 9.17) is 4.74 Å². The maximum atomic E-state index is 5.98. The van der Waals surface area contributed by atoms with Gasteiger partial charge < -0.3 is 10.1 Å². The molecule has 24 heavy (non-hydrogen) atoms. The number of anilines is 1. The molecular formula is C21H19NOS. The van der Waals surface area contributed by atoms with Gasteiger partial charge in [-0.25, -0.2) is 0 Å². The number of nitrogens with one attached hydrogen (secondary N) is 1. The molecule has 1 fully saturated rings. The molecule has 0 radical (unpaired) electrons. The Balaban J connectivity index is 1.52. The second-order valence-electron chi connectivity index (χ2n) is 6.69. The van der Waals surface area contributed by atoms with Crippen LogP contribution in [0.4, 0.5) is 5.69 Å². The van der Waals surface area contributed by atoms with Crippen LogP contribution < -0.4 is 5.32 Å². The van der Waals surface area contributed by atoms with Crippen LogP contribution in [0.1, 0.15) is 12.5 Å². The van der Waals surface area contributed by atoms with Gasteiger partial charge in [-0.05, 0) is 24.1 Å². The average Bonchev–Trinajstić information content (AvgIpc) is 3.31. The number of benzene rings is 1. The van der Waals surface area contributed by atoms with Crippen LogP contribution in [0, 0.1) is 0 Å². The van der Waals surface area contributed by atoms with Gasteiger partial charge in [0.05, 0.1) is 0 Å². The molecule has 0 bridgehead atoms. The Kier molecular flexibility index (Phi) is 3.15. The number of hydrogen-bond donors (Lipinski definition) is 1. The monoisotopic (exact) mass is 333 g/mol. The minimum atomic E-state index is -0.195. The van der Waals surface area contributed by atoms with E-state index in [2.05, 4.69) is 85.1 Å². The predicted molar refractivity (Wildman–Crippen MR) is 102 cm³/mol. The standard InChI is InChI=1S/C21H19NOS/c1-21-17(16-8-5-6-9-18(16)22-20(21)23-21)13-15-12-11-14-7-3-2-4-10-19(14)24-15/h2-13,15,19-20,22H,1H3/b17-13+/t15?,19?,20?,21-/m1/s1. The molecule has 3 heteroatoms. The molecular weight excluding hydrogens is 314 g/mol. The SMILES string of the molecule is C[C@]12OC1Nc1ccccc1/C2=C\C1C=CC2=CC=CC=CC2S1. The van der Waals surface area contributed by atoms with Crippen molar-refractivity contribution in [1.29, 1.82) is 0 Å². The second-order valence-corrected chi connectivity index (χ2v) is 8.02. The molecule has 5 rings (SSSR count). The fraction of sp³-hybridized carbons (Fsp3) is 0.238. The van der Waals surface area contributed by atoms with Crippen molar-refractivity contribution < 1.29 is 4.74 Å². The first-order chi connectivity index (χ1) is 11.7. The molecule has 120 valence electrons. The molecule has 0 aromatic heterocycles. The van der Waals surface area contributed by atoms with Crippen LogP contribution >= 0.6 is 11.8 Å². The first-order valence-corrected chi connectivity index (χ1v) is 9.33. The third kappa shape index (κ3) is 2.23. The molecule has 0 saturated carbocycles. The van der Waals surface area contributed by atoms with Crippen molar-refractivity contribution in [1.82, 2.24) is 0 Å². The minimum Gasteiger partial charge on any atom is -0.357 e. The lowest BCUT2D eigenvalue weighted by molar-refractivity contribution is 0.359. The molecule has 4 atom stereocenters. The van der Waals surface area contributed by atoms with Crippen LogP contribution in [0.2, 0.25) is 0 Å². The van der Waals surface area contributed by atoms with Crippen molar-refractivity contribution in [3.05, 3.63) is 84.0 Å². The number of para-hydroxylation sites is 1. The molecule has 3 heterocycles. The van der Waals surface area contributed by atoms with Crippen LogP contribution in [-0.4, -0.2) is 22.3 Å². The van der Waals surface area contributed by atoms with E-state index in [9.17, 15) is 0 Å². The smallest absolute Gasteiger partial charge is 0.162 e. The number of rotatable bonds is 1. The number of fused-ring (bicyclic) bond motifs is 3. The van der Waals surface area contributed by atoms with E-state index in [1.165, 1.54) is 22.4 Å². The summed E-state index contributed by atoms with van der Waals surface area (Å²) in [7, 11) is 0. The van der Waals surface area contributed by atoms with Gasteiger partial charge >= 0.3 is 0 Å². The fourth-order valence-electron chi connectivity index (χ4n) is 3.65. The van der Waals surface area contributed by atoms with Gasteiger partial charge in [-0.3, -0.25) is 0 Å². The summed E-state index contributed by atoms with van der Waals surface area (Å²) in [6, 6.07) is 8.50. The van der Waals surface area contributed by atoms with Gasteiger partial charge in [0.1, 0.15) is 5.60 Å². The zero-order valence-corrected chi connectivity index (χ0v) is 14.3. The Hall–Kier alpha value is -1.97. The normalized spacial score (nSPS) is 37.0. The highest BCUT2D eigenvalue weighted by molar-refractivity contribution is 8.01. The lowest BCUT2D eigenvalue weighted by atomic mass is 9.87. The molecule has 0 spiro atoms. The largest absolute Gasteiger partial charge is 0.357 e. The molecule has 4 aliphatic rings. The summed E-state index contributed by atoms with van der Waals surface area (Å²) in [5.41, 5.74) is 4.93. The number of allylic oxidation sites excluding steroid dienone is 5. The van der Waals surface area contributed by atoms with E-state index >= 15 is 0 Å². The number of thioether (sulfide) groups is 1. The highest BCUT2D eigenvalue weighted by Gasteiger charge is 2.58. The first kappa shape index (κ1) is 14.4. The summed E-state index contributed by atoms with van der Waals surface area (Å²) in [6.45, 7) is 2.18. The maximum absolute atomic E-state index is 5.98. The Morgan fingerprint density at radius 1 is 1.17 bits per heavy atom. The molecule has 1 aliphatic carbocycles. The summed E-state index contributed by atoms with van der Waals surface area (Å²) < 4.78 is 5.98. The summed E-state index contributed by atoms with van der Waals surface area (Å²) in [5, 5.41) is 4.26. The Morgan fingerprint density at radius 2 is 2.08 bits per heavy atom. The lowest BCUT2D eigenvalue weighted by Gasteiger charge is -2.26. The predicted octanol–water partition coefficient (Wildman–Crippen LogP) is 4.70. The molecule has 0 amide bonds. The van der Waals surface area contributed by atoms with Gasteiger partial charge in [0.2, 0.25) is 0 Å². The zero-order chi connectivity index (χ0) is 16.1. The van der Waals surface area contributed by atoms with E-state index in [-0.39, 0.29) is 11.8 Å². The third-order valence-corrected chi connectivity index (χ3v) is 6.41. The van der Waals surface area contributed by atoms with E-state index in [1.54, 1.807) is 0 Å². The van der Waals surface area contributed by atoms with Crippen molar-refractivity contribution in [2.24, 2.45) is 0 Å². The Bertz CT molecular complexity index is 847. The van der Waals surface area contributed by atoms with Gasteiger partial charge in [-0.1, -0.05) is 66.8 Å². The lowest BCUT2D eigenvalue weighted by Crippen LogP contribution is -2.25. The summed E-state index contributed by atoms with van der Waals surface area (Å²) in [6.07, 6.45) is 17.9. The van der Waals surface area contributed by atoms with Gasteiger partial charge in [0.15, 0.2) is 6.23 Å². The van der Waals surface area contributed by atoms with E-state index < -0.39 is 0 Å². The average molecular weight is 333 g/mol. The van der Waals surface area contributed by atoms with E-state index in [0.717, 1.165) is 0 Å². The third-order valence-electron chi connectivity index (χ3n) is 5.08. The highest BCUT2D eigenvalue weighted by atomic mass is 32.2. The minimum absolute atomic E-state index is 0.105. The quantitative estimate of drug-likeness (QED) is 0.754. The number of ether oxygens (including phenoxy) is 1. The molecule has 2 nitrogen and oxygen atoms in total. The first-order valence-electron chi connectivity index (χ1n) is 8.39. The zero-order valence-electron chi connectivity index (χ0n) is 13.5. The van der Waals surface area contributed by atoms with Crippen molar-refractivity contribution in [3.63, 3.8) is 0 Å². The molecule has 1 aromatic rings. The molecule has 3 aliphatic heterocycles. The van der Waals surface area contributed by atoms with Gasteiger partial charge in [-0.2, -0.15) is 0 Å². The van der Waals surface area contributed by atoms with Crippen molar-refractivity contribution in [2.75, 3.05) is 5.32 Å².